The second kappa shape index (κ2) is 4.01. The molecule has 0 saturated heterocycles. The molecule has 0 N–H and O–H groups in total. The van der Waals surface area contributed by atoms with Gasteiger partial charge in [0.05, 0.1) is 11.3 Å². The average molecular weight is 151 g/mol. The van der Waals surface area contributed by atoms with Crippen molar-refractivity contribution in [2.75, 3.05) is 0 Å². The molecule has 10 heavy (non-hydrogen) atoms. The highest BCUT2D eigenvalue weighted by Crippen LogP contribution is 1.95. The highest BCUT2D eigenvalue weighted by Gasteiger charge is 1.84. The standard InChI is InChI=1S/C8H7OS/c9-10-7-6-8-4-2-1-3-5-8/h1-4,7H,6H2. The van der Waals surface area contributed by atoms with E-state index in [1.54, 1.807) is 5.37 Å². The van der Waals surface area contributed by atoms with Gasteiger partial charge in [0, 0.05) is 11.8 Å². The smallest absolute Gasteiger partial charge is 0.0844 e. The van der Waals surface area contributed by atoms with Crippen LogP contribution < -0.4 is 0 Å². The van der Waals surface area contributed by atoms with E-state index >= 15 is 0 Å². The molecule has 0 spiro atoms. The van der Waals surface area contributed by atoms with Crippen molar-refractivity contribution >= 4 is 16.6 Å². The Bertz CT molecular complexity index is 237. The molecule has 0 fully saturated rings. The third kappa shape index (κ3) is 2.15. The second-order valence-corrected chi connectivity index (χ2v) is 2.38. The first-order valence-corrected chi connectivity index (χ1v) is 3.80. The first-order valence-electron chi connectivity index (χ1n) is 2.99. The van der Waals surface area contributed by atoms with Gasteiger partial charge in [0.25, 0.3) is 0 Å². The van der Waals surface area contributed by atoms with E-state index in [0.29, 0.717) is 17.7 Å². The Balaban J connectivity index is 2.67. The van der Waals surface area contributed by atoms with Gasteiger partial charge in [-0.15, -0.1) is 0 Å². The molecule has 0 unspecified atom stereocenters. The first-order chi connectivity index (χ1) is 4.93. The predicted octanol–water partition coefficient (Wildman–Crippen LogP) is 1.04. The molecule has 1 radical (unpaired) electrons. The van der Waals surface area contributed by atoms with E-state index in [4.69, 9.17) is 0 Å². The van der Waals surface area contributed by atoms with E-state index in [-0.39, 0.29) is 0 Å². The molecule has 0 aromatic heterocycles. The van der Waals surface area contributed by atoms with Crippen molar-refractivity contribution in [1.29, 1.82) is 0 Å². The Labute approximate surface area is 63.8 Å². The van der Waals surface area contributed by atoms with Gasteiger partial charge in [0.15, 0.2) is 0 Å². The Hall–Kier alpha value is -0.890. The maximum absolute atomic E-state index is 9.95. The molecule has 0 aliphatic heterocycles. The summed E-state index contributed by atoms with van der Waals surface area (Å²) in [7, 11) is 0. The minimum absolute atomic E-state index is 0.501. The summed E-state index contributed by atoms with van der Waals surface area (Å²) in [5.41, 5.74) is 1.06. The third-order valence-electron chi connectivity index (χ3n) is 1.14. The van der Waals surface area contributed by atoms with Crippen LogP contribution >= 0.6 is 0 Å². The molecule has 1 rings (SSSR count). The lowest BCUT2D eigenvalue weighted by Crippen LogP contribution is -1.83. The van der Waals surface area contributed by atoms with Crippen LogP contribution in [0.4, 0.5) is 0 Å². The van der Waals surface area contributed by atoms with E-state index in [2.05, 4.69) is 6.07 Å². The van der Waals surface area contributed by atoms with Crippen molar-refractivity contribution in [3.63, 3.8) is 0 Å². The molecule has 1 nitrogen and oxygen atoms in total. The largest absolute Gasteiger partial charge is 0.213 e. The first kappa shape index (κ1) is 7.22. The lowest BCUT2D eigenvalue weighted by molar-refractivity contribution is 0.701. The zero-order chi connectivity index (χ0) is 7.23. The maximum Gasteiger partial charge on any atom is 0.0844 e. The fourth-order valence-electron chi connectivity index (χ4n) is 0.681. The van der Waals surface area contributed by atoms with Crippen LogP contribution in [0.3, 0.4) is 0 Å². The Kier molecular flexibility index (Phi) is 2.90. The summed E-state index contributed by atoms with van der Waals surface area (Å²) in [5.74, 6) is 0. The highest BCUT2D eigenvalue weighted by atomic mass is 32.1. The fourth-order valence-corrected chi connectivity index (χ4v) is 0.929. The number of benzene rings is 1. The van der Waals surface area contributed by atoms with Gasteiger partial charge < -0.3 is 0 Å². The van der Waals surface area contributed by atoms with Crippen LogP contribution in [0.5, 0.6) is 0 Å². The Morgan fingerprint density at radius 2 is 2.50 bits per heavy atom. The summed E-state index contributed by atoms with van der Waals surface area (Å²) in [6, 6.07) is 10.7. The lowest BCUT2D eigenvalue weighted by atomic mass is 10.2. The van der Waals surface area contributed by atoms with E-state index in [9.17, 15) is 4.21 Å². The topological polar surface area (TPSA) is 17.1 Å². The summed E-state index contributed by atoms with van der Waals surface area (Å²) < 4.78 is 9.95. The molecular formula is C8H7OS. The van der Waals surface area contributed by atoms with Gasteiger partial charge in [-0.1, -0.05) is 24.3 Å². The molecule has 1 aromatic carbocycles. The zero-order valence-electron chi connectivity index (χ0n) is 5.41. The van der Waals surface area contributed by atoms with E-state index in [1.807, 2.05) is 24.3 Å². The van der Waals surface area contributed by atoms with E-state index in [1.165, 1.54) is 0 Å². The molecule has 0 aliphatic carbocycles. The fraction of sp³-hybridized carbons (Fsp3) is 0.125. The molecule has 0 heterocycles. The molecule has 0 aliphatic rings. The Morgan fingerprint density at radius 3 is 3.10 bits per heavy atom. The number of hydrogen-bond acceptors (Lipinski definition) is 1. The molecule has 0 bridgehead atoms. The van der Waals surface area contributed by atoms with Crippen LogP contribution in [0.15, 0.2) is 24.3 Å². The van der Waals surface area contributed by atoms with Crippen LogP contribution in [0.2, 0.25) is 0 Å². The minimum atomic E-state index is 0.501. The van der Waals surface area contributed by atoms with Gasteiger partial charge >= 0.3 is 0 Å². The predicted molar refractivity (Wildman–Crippen MR) is 43.2 cm³/mol. The van der Waals surface area contributed by atoms with E-state index < -0.39 is 0 Å². The second-order valence-electron chi connectivity index (χ2n) is 1.85. The molecule has 0 atom stereocenters. The van der Waals surface area contributed by atoms with Crippen molar-refractivity contribution < 1.29 is 4.21 Å². The molecule has 0 amide bonds. The average Bonchev–Trinajstić information content (AvgIpc) is 2.03. The molecule has 0 saturated carbocycles. The summed E-state index contributed by atoms with van der Waals surface area (Å²) in [6.45, 7) is 0. The number of rotatable bonds is 2. The summed E-state index contributed by atoms with van der Waals surface area (Å²) in [4.78, 5) is 0. The summed E-state index contributed by atoms with van der Waals surface area (Å²) in [6.07, 6.45) is 0.703. The molecule has 1 aromatic rings. The van der Waals surface area contributed by atoms with Crippen molar-refractivity contribution in [1.82, 2.24) is 0 Å². The van der Waals surface area contributed by atoms with Crippen molar-refractivity contribution in [3.8, 4) is 0 Å². The third-order valence-corrected chi connectivity index (χ3v) is 1.45. The maximum atomic E-state index is 9.95. The van der Waals surface area contributed by atoms with Crippen LogP contribution in [-0.4, -0.2) is 9.58 Å². The van der Waals surface area contributed by atoms with Gasteiger partial charge in [-0.3, -0.25) is 0 Å². The van der Waals surface area contributed by atoms with Crippen molar-refractivity contribution in [2.24, 2.45) is 0 Å². The van der Waals surface area contributed by atoms with Crippen LogP contribution in [-0.2, 0) is 17.7 Å². The zero-order valence-corrected chi connectivity index (χ0v) is 6.23. The quantitative estimate of drug-likeness (QED) is 0.577. The Morgan fingerprint density at radius 1 is 1.60 bits per heavy atom. The van der Waals surface area contributed by atoms with Gasteiger partial charge in [-0.2, -0.15) is 0 Å². The normalized spacial score (nSPS) is 8.80. The highest BCUT2D eigenvalue weighted by molar-refractivity contribution is 7.64. The molecule has 2 heteroatoms. The van der Waals surface area contributed by atoms with Crippen molar-refractivity contribution in [2.45, 2.75) is 6.42 Å². The van der Waals surface area contributed by atoms with Gasteiger partial charge in [-0.05, 0) is 11.6 Å². The van der Waals surface area contributed by atoms with Crippen LogP contribution in [0, 0.1) is 6.07 Å². The monoisotopic (exact) mass is 151 g/mol. The summed E-state index contributed by atoms with van der Waals surface area (Å²) >= 11 is 0.501. The summed E-state index contributed by atoms with van der Waals surface area (Å²) in [5, 5.41) is 1.62. The van der Waals surface area contributed by atoms with E-state index in [0.717, 1.165) is 5.56 Å². The van der Waals surface area contributed by atoms with Crippen LogP contribution in [0.25, 0.3) is 0 Å². The number of hydrogen-bond donors (Lipinski definition) is 0. The van der Waals surface area contributed by atoms with Gasteiger partial charge in [0.1, 0.15) is 0 Å². The molecular weight excluding hydrogens is 144 g/mol. The lowest BCUT2D eigenvalue weighted by Gasteiger charge is -1.89. The minimum Gasteiger partial charge on any atom is -0.213 e. The van der Waals surface area contributed by atoms with Crippen molar-refractivity contribution in [3.05, 3.63) is 35.9 Å². The van der Waals surface area contributed by atoms with Gasteiger partial charge in [-0.25, -0.2) is 4.21 Å². The van der Waals surface area contributed by atoms with Crippen LogP contribution in [0.1, 0.15) is 5.56 Å². The SMILES string of the molecule is O=S=CCc1[c]cccc1. The van der Waals surface area contributed by atoms with Gasteiger partial charge in [0.2, 0.25) is 0 Å². The molecule has 51 valence electrons.